The molecule has 0 aliphatic carbocycles. The molecule has 2 rings (SSSR count). The molecule has 4 nitrogen and oxygen atoms in total. The van der Waals surface area contributed by atoms with Crippen molar-refractivity contribution in [1.82, 2.24) is 0 Å². The zero-order valence-corrected chi connectivity index (χ0v) is 16.2. The number of aryl methyl sites for hydroxylation is 2. The highest BCUT2D eigenvalue weighted by molar-refractivity contribution is 5.62. The maximum atomic E-state index is 15.0. The van der Waals surface area contributed by atoms with Crippen molar-refractivity contribution in [2.45, 2.75) is 38.5 Å². The van der Waals surface area contributed by atoms with Gasteiger partial charge in [-0.2, -0.15) is 17.6 Å². The summed E-state index contributed by atoms with van der Waals surface area (Å²) in [6, 6.07) is 3.66. The van der Waals surface area contributed by atoms with E-state index in [1.54, 1.807) is 13.8 Å². The van der Waals surface area contributed by atoms with Gasteiger partial charge in [-0.15, -0.1) is 0 Å². The fraction of sp³-hybridized carbons (Fsp3) is 0.400. The van der Waals surface area contributed by atoms with Crippen molar-refractivity contribution in [3.05, 3.63) is 46.5 Å². The average Bonchev–Trinajstić information content (AvgIpc) is 2.67. The second-order valence-corrected chi connectivity index (χ2v) is 6.36. The summed E-state index contributed by atoms with van der Waals surface area (Å²) in [5.41, 5.74) is 10.8. The van der Waals surface area contributed by atoms with E-state index in [4.69, 9.17) is 20.9 Å². The average molecular weight is 400 g/mol. The number of alkyl halides is 4. The minimum absolute atomic E-state index is 0.0750. The molecule has 0 fully saturated rings. The largest absolute Gasteiger partial charge is 0.495 e. The van der Waals surface area contributed by atoms with E-state index in [-0.39, 0.29) is 35.7 Å². The van der Waals surface area contributed by atoms with Gasteiger partial charge in [0.25, 0.3) is 0 Å². The van der Waals surface area contributed by atoms with E-state index in [0.717, 1.165) is 24.3 Å². The number of ether oxygens (including phenoxy) is 2. The number of nitrogens with two attached hydrogens (primary N) is 2. The Morgan fingerprint density at radius 1 is 0.714 bits per heavy atom. The molecule has 2 aromatic carbocycles. The Bertz CT molecular complexity index is 748. The summed E-state index contributed by atoms with van der Waals surface area (Å²) in [4.78, 5) is 0. The Hall–Kier alpha value is -2.64. The van der Waals surface area contributed by atoms with E-state index in [0.29, 0.717) is 11.1 Å². The number of benzene rings is 2. The highest BCUT2D eigenvalue weighted by atomic mass is 19.3. The summed E-state index contributed by atoms with van der Waals surface area (Å²) >= 11 is 0. The number of halogens is 4. The maximum Gasteiger partial charge on any atom is 0.339 e. The molecule has 0 heterocycles. The van der Waals surface area contributed by atoms with E-state index in [1.165, 1.54) is 14.2 Å². The van der Waals surface area contributed by atoms with Gasteiger partial charge in [0.05, 0.1) is 25.6 Å². The molecule has 0 bridgehead atoms. The van der Waals surface area contributed by atoms with Crippen LogP contribution in [0, 0.1) is 0 Å². The van der Waals surface area contributed by atoms with Crippen molar-refractivity contribution in [2.75, 3.05) is 25.7 Å². The lowest BCUT2D eigenvalue weighted by molar-refractivity contribution is -0.224. The third kappa shape index (κ3) is 3.43. The molecule has 0 aliphatic heterocycles. The van der Waals surface area contributed by atoms with Gasteiger partial charge in [-0.05, 0) is 48.2 Å². The topological polar surface area (TPSA) is 70.5 Å². The monoisotopic (exact) mass is 400 g/mol. The van der Waals surface area contributed by atoms with Crippen molar-refractivity contribution in [3.8, 4) is 11.5 Å². The van der Waals surface area contributed by atoms with E-state index in [2.05, 4.69) is 0 Å². The van der Waals surface area contributed by atoms with Crippen LogP contribution in [0.15, 0.2) is 24.3 Å². The Kier molecular flexibility index (Phi) is 6.01. The van der Waals surface area contributed by atoms with Crippen molar-refractivity contribution >= 4 is 11.4 Å². The molecule has 2 aromatic rings. The Labute approximate surface area is 161 Å². The quantitative estimate of drug-likeness (QED) is 0.514. The molecule has 0 atom stereocenters. The molecule has 0 spiro atoms. The SMILES string of the molecule is CCc1cc(C(F)(F)C(F)(F)c2cc(CC)c(N)c(OC)c2)cc(OC)c1N. The molecule has 154 valence electrons. The van der Waals surface area contributed by atoms with Crippen LogP contribution in [0.25, 0.3) is 0 Å². The smallest absolute Gasteiger partial charge is 0.339 e. The van der Waals surface area contributed by atoms with Crippen LogP contribution in [-0.4, -0.2) is 14.2 Å². The standard InChI is InChI=1S/C20H24F4N2O2/c1-5-11-7-13(9-15(27-3)17(11)25)19(21,22)20(23,24)14-8-12(6-2)18(26)16(10-14)28-4/h7-10H,5-6,25-26H2,1-4H3. The minimum atomic E-state index is -4.52. The zero-order chi connectivity index (χ0) is 21.3. The van der Waals surface area contributed by atoms with Gasteiger partial charge < -0.3 is 20.9 Å². The molecule has 4 N–H and O–H groups in total. The fourth-order valence-electron chi connectivity index (χ4n) is 3.02. The third-order valence-corrected chi connectivity index (χ3v) is 4.78. The third-order valence-electron chi connectivity index (χ3n) is 4.78. The number of methoxy groups -OCH3 is 2. The molecule has 0 amide bonds. The van der Waals surface area contributed by atoms with Gasteiger partial charge in [0, 0.05) is 11.1 Å². The first-order chi connectivity index (χ1) is 13.0. The second-order valence-electron chi connectivity index (χ2n) is 6.36. The highest BCUT2D eigenvalue weighted by Gasteiger charge is 2.59. The minimum Gasteiger partial charge on any atom is -0.495 e. The summed E-state index contributed by atoms with van der Waals surface area (Å²) < 4.78 is 70.1. The van der Waals surface area contributed by atoms with Crippen LogP contribution >= 0.6 is 0 Å². The number of nitrogen functional groups attached to an aromatic ring is 2. The molecule has 0 aliphatic rings. The maximum absolute atomic E-state index is 15.0. The lowest BCUT2D eigenvalue weighted by atomic mass is 9.91. The van der Waals surface area contributed by atoms with Crippen molar-refractivity contribution < 1.29 is 27.0 Å². The first kappa shape index (κ1) is 21.7. The number of rotatable bonds is 7. The number of anilines is 2. The molecular weight excluding hydrogens is 376 g/mol. The van der Waals surface area contributed by atoms with Gasteiger partial charge in [0.1, 0.15) is 11.5 Å². The van der Waals surface area contributed by atoms with Crippen molar-refractivity contribution in [1.29, 1.82) is 0 Å². The molecule has 0 radical (unpaired) electrons. The summed E-state index contributed by atoms with van der Waals surface area (Å²) in [6.45, 7) is 3.37. The Morgan fingerprint density at radius 3 is 1.29 bits per heavy atom. The summed E-state index contributed by atoms with van der Waals surface area (Å²) in [7, 11) is 2.48. The Balaban J connectivity index is 2.68. The molecular formula is C20H24F4N2O2. The Morgan fingerprint density at radius 2 is 1.04 bits per heavy atom. The number of hydrogen-bond acceptors (Lipinski definition) is 4. The van der Waals surface area contributed by atoms with Crippen molar-refractivity contribution in [3.63, 3.8) is 0 Å². The lowest BCUT2D eigenvalue weighted by Crippen LogP contribution is -2.36. The van der Waals surface area contributed by atoms with Crippen LogP contribution in [0.1, 0.15) is 36.1 Å². The summed E-state index contributed by atoms with van der Waals surface area (Å²) in [5.74, 6) is -9.20. The van der Waals surface area contributed by atoms with Gasteiger partial charge in [-0.3, -0.25) is 0 Å². The molecule has 0 unspecified atom stereocenters. The summed E-state index contributed by atoms with van der Waals surface area (Å²) in [5, 5.41) is 0. The normalized spacial score (nSPS) is 12.1. The molecule has 0 saturated carbocycles. The van der Waals surface area contributed by atoms with Gasteiger partial charge in [-0.25, -0.2) is 0 Å². The highest BCUT2D eigenvalue weighted by Crippen LogP contribution is 2.52. The van der Waals surface area contributed by atoms with E-state index < -0.39 is 23.0 Å². The number of hydrogen-bond donors (Lipinski definition) is 2. The first-order valence-electron chi connectivity index (χ1n) is 8.74. The van der Waals surface area contributed by atoms with E-state index >= 15 is 17.6 Å². The van der Waals surface area contributed by atoms with Gasteiger partial charge >= 0.3 is 11.8 Å². The molecule has 0 aromatic heterocycles. The van der Waals surface area contributed by atoms with Crippen LogP contribution in [0.5, 0.6) is 11.5 Å². The van der Waals surface area contributed by atoms with Crippen LogP contribution in [-0.2, 0) is 24.7 Å². The van der Waals surface area contributed by atoms with Crippen LogP contribution in [0.2, 0.25) is 0 Å². The molecule has 28 heavy (non-hydrogen) atoms. The first-order valence-corrected chi connectivity index (χ1v) is 8.74. The molecule has 8 heteroatoms. The second kappa shape index (κ2) is 7.77. The van der Waals surface area contributed by atoms with Crippen LogP contribution < -0.4 is 20.9 Å². The predicted octanol–water partition coefficient (Wildman–Crippen LogP) is 4.88. The zero-order valence-electron chi connectivity index (χ0n) is 16.2. The fourth-order valence-corrected chi connectivity index (χ4v) is 3.02. The van der Waals surface area contributed by atoms with E-state index in [1.807, 2.05) is 0 Å². The predicted molar refractivity (Wildman–Crippen MR) is 101 cm³/mol. The van der Waals surface area contributed by atoms with Crippen molar-refractivity contribution in [2.24, 2.45) is 0 Å². The molecule has 0 saturated heterocycles. The van der Waals surface area contributed by atoms with Gasteiger partial charge in [-0.1, -0.05) is 13.8 Å². The lowest BCUT2D eigenvalue weighted by Gasteiger charge is -2.29. The van der Waals surface area contributed by atoms with Gasteiger partial charge in [0.15, 0.2) is 0 Å². The van der Waals surface area contributed by atoms with Crippen LogP contribution in [0.4, 0.5) is 28.9 Å². The van der Waals surface area contributed by atoms with Crippen LogP contribution in [0.3, 0.4) is 0 Å². The van der Waals surface area contributed by atoms with E-state index in [9.17, 15) is 0 Å². The van der Waals surface area contributed by atoms with Gasteiger partial charge in [0.2, 0.25) is 0 Å². The summed E-state index contributed by atoms with van der Waals surface area (Å²) in [6.07, 6.45) is 0.570.